The zero-order valence-electron chi connectivity index (χ0n) is 13.6. The first-order chi connectivity index (χ1) is 10.9. The van der Waals surface area contributed by atoms with Gasteiger partial charge >= 0.3 is 0 Å². The summed E-state index contributed by atoms with van der Waals surface area (Å²) in [5, 5.41) is 2.52. The molecule has 0 radical (unpaired) electrons. The largest absolute Gasteiger partial charge is 0.369 e. The molecule has 0 saturated heterocycles. The van der Waals surface area contributed by atoms with E-state index in [9.17, 15) is 0 Å². The number of hydrogen-bond acceptors (Lipinski definition) is 1. The Labute approximate surface area is 133 Å². The molecule has 0 spiro atoms. The number of rotatable bonds is 4. The molecule has 3 aromatic rings. The van der Waals surface area contributed by atoms with Crippen LogP contribution in [0.3, 0.4) is 0 Å². The number of fused-ring (bicyclic) bond motifs is 1. The molecule has 1 nitrogen and oxygen atoms in total. The normalized spacial score (nSPS) is 11.6. The van der Waals surface area contributed by atoms with Crippen LogP contribution in [0.2, 0.25) is 0 Å². The minimum absolute atomic E-state index is 0.00713. The highest BCUT2D eigenvalue weighted by atomic mass is 16.5. The molecule has 0 amide bonds. The Morgan fingerprint density at radius 3 is 2.14 bits per heavy atom. The lowest BCUT2D eigenvalue weighted by Gasteiger charge is -2.20. The van der Waals surface area contributed by atoms with Crippen LogP contribution in [0, 0.1) is 0 Å². The van der Waals surface area contributed by atoms with Crippen LogP contribution in [-0.4, -0.2) is 6.61 Å². The summed E-state index contributed by atoms with van der Waals surface area (Å²) in [6.07, 6.45) is -0.00713. The first kappa shape index (κ1) is 16.3. The third-order valence-corrected chi connectivity index (χ3v) is 3.54. The predicted octanol–water partition coefficient (Wildman–Crippen LogP) is 5.99. The van der Waals surface area contributed by atoms with Crippen LogP contribution in [0.25, 0.3) is 10.8 Å². The molecule has 1 atom stereocenters. The standard InChI is InChI=1S/C19H18O.C2H6/c1-2-20-19(16-10-4-3-5-11-16)18-14-8-12-15-9-6-7-13-17(15)18;1-2/h3-14,19H,2H2,1H3;1-2H3. The lowest BCUT2D eigenvalue weighted by atomic mass is 9.96. The van der Waals surface area contributed by atoms with Gasteiger partial charge in [-0.05, 0) is 28.8 Å². The van der Waals surface area contributed by atoms with Crippen molar-refractivity contribution in [1.29, 1.82) is 0 Å². The van der Waals surface area contributed by atoms with Crippen molar-refractivity contribution in [1.82, 2.24) is 0 Å². The molecule has 0 aliphatic rings. The minimum atomic E-state index is -0.00713. The highest BCUT2D eigenvalue weighted by Gasteiger charge is 2.16. The molecule has 1 unspecified atom stereocenters. The lowest BCUT2D eigenvalue weighted by molar-refractivity contribution is 0.0923. The summed E-state index contributed by atoms with van der Waals surface area (Å²) in [5.41, 5.74) is 2.43. The molecule has 1 heteroatoms. The van der Waals surface area contributed by atoms with Crippen molar-refractivity contribution in [2.24, 2.45) is 0 Å². The molecule has 0 bridgehead atoms. The molecule has 22 heavy (non-hydrogen) atoms. The fraction of sp³-hybridized carbons (Fsp3) is 0.238. The second-order valence-electron chi connectivity index (χ2n) is 4.81. The van der Waals surface area contributed by atoms with Crippen molar-refractivity contribution in [2.75, 3.05) is 6.61 Å². The first-order valence-electron chi connectivity index (χ1n) is 8.04. The second kappa shape index (κ2) is 8.35. The van der Waals surface area contributed by atoms with E-state index in [0.717, 1.165) is 0 Å². The molecule has 0 aromatic heterocycles. The van der Waals surface area contributed by atoms with E-state index >= 15 is 0 Å². The van der Waals surface area contributed by atoms with Crippen LogP contribution in [-0.2, 0) is 4.74 Å². The first-order valence-corrected chi connectivity index (χ1v) is 8.04. The quantitative estimate of drug-likeness (QED) is 0.573. The smallest absolute Gasteiger partial charge is 0.108 e. The number of ether oxygens (including phenoxy) is 1. The Bertz CT molecular complexity index is 683. The van der Waals surface area contributed by atoms with Crippen molar-refractivity contribution in [3.8, 4) is 0 Å². The summed E-state index contributed by atoms with van der Waals surface area (Å²) in [4.78, 5) is 0. The van der Waals surface area contributed by atoms with Crippen molar-refractivity contribution in [3.05, 3.63) is 83.9 Å². The predicted molar refractivity (Wildman–Crippen MR) is 95.2 cm³/mol. The van der Waals surface area contributed by atoms with Gasteiger partial charge in [-0.3, -0.25) is 0 Å². The van der Waals surface area contributed by atoms with Crippen LogP contribution in [0.15, 0.2) is 72.8 Å². The van der Waals surface area contributed by atoms with E-state index in [1.807, 2.05) is 26.8 Å². The molecule has 3 aromatic carbocycles. The summed E-state index contributed by atoms with van der Waals surface area (Å²) in [6.45, 7) is 6.74. The molecular weight excluding hydrogens is 268 g/mol. The summed E-state index contributed by atoms with van der Waals surface area (Å²) in [7, 11) is 0. The topological polar surface area (TPSA) is 9.23 Å². The average Bonchev–Trinajstić information content (AvgIpc) is 2.62. The third-order valence-electron chi connectivity index (χ3n) is 3.54. The van der Waals surface area contributed by atoms with Gasteiger partial charge in [0.1, 0.15) is 6.10 Å². The third kappa shape index (κ3) is 3.55. The van der Waals surface area contributed by atoms with E-state index in [1.54, 1.807) is 0 Å². The van der Waals surface area contributed by atoms with Crippen LogP contribution >= 0.6 is 0 Å². The average molecular weight is 292 g/mol. The van der Waals surface area contributed by atoms with Crippen LogP contribution < -0.4 is 0 Å². The van der Waals surface area contributed by atoms with E-state index in [1.165, 1.54) is 21.9 Å². The molecule has 0 fully saturated rings. The zero-order valence-corrected chi connectivity index (χ0v) is 13.6. The molecule has 114 valence electrons. The van der Waals surface area contributed by atoms with Gasteiger partial charge < -0.3 is 4.74 Å². The Morgan fingerprint density at radius 1 is 0.773 bits per heavy atom. The molecule has 0 heterocycles. The summed E-state index contributed by atoms with van der Waals surface area (Å²) in [6, 6.07) is 25.3. The van der Waals surface area contributed by atoms with Crippen LogP contribution in [0.4, 0.5) is 0 Å². The summed E-state index contributed by atoms with van der Waals surface area (Å²) < 4.78 is 6.02. The summed E-state index contributed by atoms with van der Waals surface area (Å²) in [5.74, 6) is 0. The second-order valence-corrected chi connectivity index (χ2v) is 4.81. The Balaban J connectivity index is 0.000000847. The summed E-state index contributed by atoms with van der Waals surface area (Å²) >= 11 is 0. The highest BCUT2D eigenvalue weighted by Crippen LogP contribution is 2.31. The van der Waals surface area contributed by atoms with Gasteiger partial charge in [0.05, 0.1) is 0 Å². The van der Waals surface area contributed by atoms with Crippen LogP contribution in [0.1, 0.15) is 38.0 Å². The molecular formula is C21H24O. The minimum Gasteiger partial charge on any atom is -0.369 e. The molecule has 0 saturated carbocycles. The van der Waals surface area contributed by atoms with Crippen molar-refractivity contribution >= 4 is 10.8 Å². The lowest BCUT2D eigenvalue weighted by Crippen LogP contribution is -2.06. The van der Waals surface area contributed by atoms with E-state index in [0.29, 0.717) is 6.61 Å². The Hall–Kier alpha value is -2.12. The maximum atomic E-state index is 6.02. The van der Waals surface area contributed by atoms with Gasteiger partial charge in [-0.1, -0.05) is 86.6 Å². The SMILES string of the molecule is CC.CCOC(c1ccccc1)c1cccc2ccccc12. The fourth-order valence-electron chi connectivity index (χ4n) is 2.64. The van der Waals surface area contributed by atoms with Gasteiger partial charge in [-0.25, -0.2) is 0 Å². The van der Waals surface area contributed by atoms with Gasteiger partial charge in [-0.2, -0.15) is 0 Å². The monoisotopic (exact) mass is 292 g/mol. The molecule has 0 N–H and O–H groups in total. The fourth-order valence-corrected chi connectivity index (χ4v) is 2.64. The molecule has 3 rings (SSSR count). The van der Waals surface area contributed by atoms with Gasteiger partial charge in [0, 0.05) is 6.61 Å². The molecule has 0 aliphatic heterocycles. The number of benzene rings is 3. The van der Waals surface area contributed by atoms with Gasteiger partial charge in [0.25, 0.3) is 0 Å². The van der Waals surface area contributed by atoms with Crippen molar-refractivity contribution in [3.63, 3.8) is 0 Å². The maximum absolute atomic E-state index is 6.02. The van der Waals surface area contributed by atoms with Gasteiger partial charge in [0.2, 0.25) is 0 Å². The van der Waals surface area contributed by atoms with Crippen molar-refractivity contribution in [2.45, 2.75) is 26.9 Å². The number of hydrogen-bond donors (Lipinski definition) is 0. The van der Waals surface area contributed by atoms with Crippen LogP contribution in [0.5, 0.6) is 0 Å². The van der Waals surface area contributed by atoms with E-state index in [-0.39, 0.29) is 6.10 Å². The van der Waals surface area contributed by atoms with Gasteiger partial charge in [-0.15, -0.1) is 0 Å². The Kier molecular flexibility index (Phi) is 6.17. The highest BCUT2D eigenvalue weighted by molar-refractivity contribution is 5.86. The maximum Gasteiger partial charge on any atom is 0.108 e. The van der Waals surface area contributed by atoms with Gasteiger partial charge in [0.15, 0.2) is 0 Å². The molecule has 0 aliphatic carbocycles. The Morgan fingerprint density at radius 2 is 1.41 bits per heavy atom. The van der Waals surface area contributed by atoms with Crippen molar-refractivity contribution < 1.29 is 4.74 Å². The zero-order chi connectivity index (χ0) is 15.8. The van der Waals surface area contributed by atoms with E-state index in [4.69, 9.17) is 4.74 Å². The van der Waals surface area contributed by atoms with E-state index < -0.39 is 0 Å². The van der Waals surface area contributed by atoms with E-state index in [2.05, 4.69) is 66.7 Å².